The number of ether oxygens (including phenoxy) is 16. The third-order valence-corrected chi connectivity index (χ3v) is 7.04. The number of rotatable bonds is 49. The van der Waals surface area contributed by atoms with Gasteiger partial charge in [0.2, 0.25) is 0 Å². The van der Waals surface area contributed by atoms with Gasteiger partial charge >= 0.3 is 0 Å². The van der Waals surface area contributed by atoms with E-state index in [1.807, 2.05) is 30.3 Å². The van der Waals surface area contributed by atoms with E-state index in [1.165, 1.54) is 0 Å². The molecule has 0 spiro atoms. The lowest BCUT2D eigenvalue weighted by Gasteiger charge is -2.09. The van der Waals surface area contributed by atoms with E-state index in [2.05, 4.69) is 6.92 Å². The Morgan fingerprint density at radius 3 is 0.607 bits per heavy atom. The van der Waals surface area contributed by atoms with Gasteiger partial charge in [-0.25, -0.2) is 0 Å². The first kappa shape index (κ1) is 52.6. The molecule has 0 unspecified atom stereocenters. The minimum Gasteiger partial charge on any atom is -0.379 e. The molecule has 0 aliphatic rings. The van der Waals surface area contributed by atoms with Crippen molar-refractivity contribution >= 4 is 0 Å². The van der Waals surface area contributed by atoms with Gasteiger partial charge in [0.25, 0.3) is 0 Å². The van der Waals surface area contributed by atoms with Crippen molar-refractivity contribution < 1.29 is 75.8 Å². The molecule has 0 aliphatic heterocycles. The Bertz CT molecular complexity index is 844. The highest BCUT2D eigenvalue weighted by Crippen LogP contribution is 2.00. The van der Waals surface area contributed by atoms with Crippen LogP contribution in [0.3, 0.4) is 0 Å². The van der Waals surface area contributed by atoms with Crippen molar-refractivity contribution in [2.45, 2.75) is 20.0 Å². The van der Waals surface area contributed by atoms with E-state index in [-0.39, 0.29) is 0 Å². The SMILES string of the molecule is CCCOCCOCCOCCOCCOCCOCCOCCOCCOCCOCCOCCOCCOCCOCCOCCOCc1ccccc1. The molecule has 0 bridgehead atoms. The maximum Gasteiger partial charge on any atom is 0.0718 e. The molecule has 56 heavy (non-hydrogen) atoms. The van der Waals surface area contributed by atoms with Gasteiger partial charge in [-0.1, -0.05) is 37.3 Å². The highest BCUT2D eigenvalue weighted by molar-refractivity contribution is 5.13. The van der Waals surface area contributed by atoms with Crippen LogP contribution in [0, 0.1) is 0 Å². The fourth-order valence-electron chi connectivity index (χ4n) is 4.21. The number of hydrogen-bond acceptors (Lipinski definition) is 16. The maximum absolute atomic E-state index is 5.57. The lowest BCUT2D eigenvalue weighted by Crippen LogP contribution is -2.16. The summed E-state index contributed by atoms with van der Waals surface area (Å²) in [6.45, 7) is 19.2. The molecule has 0 amide bonds. The quantitative estimate of drug-likeness (QED) is 0.0888. The van der Waals surface area contributed by atoms with Crippen LogP contribution >= 0.6 is 0 Å². The fraction of sp³-hybridized carbons (Fsp3) is 0.850. The summed E-state index contributed by atoms with van der Waals surface area (Å²) in [4.78, 5) is 0. The van der Waals surface area contributed by atoms with Crippen LogP contribution in [0.15, 0.2) is 30.3 Å². The van der Waals surface area contributed by atoms with Gasteiger partial charge in [-0.15, -0.1) is 0 Å². The molecule has 1 aromatic rings. The number of benzene rings is 1. The van der Waals surface area contributed by atoms with E-state index in [9.17, 15) is 0 Å². The van der Waals surface area contributed by atoms with Gasteiger partial charge in [-0.05, 0) is 12.0 Å². The van der Waals surface area contributed by atoms with Crippen molar-refractivity contribution in [3.63, 3.8) is 0 Å². The minimum absolute atomic E-state index is 0.502. The van der Waals surface area contributed by atoms with Crippen LogP contribution in [0.2, 0.25) is 0 Å². The fourth-order valence-corrected chi connectivity index (χ4v) is 4.21. The lowest BCUT2D eigenvalue weighted by molar-refractivity contribution is -0.0305. The molecule has 0 N–H and O–H groups in total. The molecule has 0 radical (unpaired) electrons. The molecule has 0 saturated heterocycles. The first-order chi connectivity index (χ1) is 27.9. The second-order valence-electron chi connectivity index (χ2n) is 11.7. The zero-order valence-corrected chi connectivity index (χ0v) is 34.3. The summed E-state index contributed by atoms with van der Waals surface area (Å²) >= 11 is 0. The van der Waals surface area contributed by atoms with E-state index in [0.29, 0.717) is 205 Å². The Labute approximate surface area is 336 Å². The summed E-state index contributed by atoms with van der Waals surface area (Å²) in [7, 11) is 0. The first-order valence-electron chi connectivity index (χ1n) is 20.2. The van der Waals surface area contributed by atoms with Crippen LogP contribution in [0.25, 0.3) is 0 Å². The van der Waals surface area contributed by atoms with Crippen LogP contribution in [0.5, 0.6) is 0 Å². The summed E-state index contributed by atoms with van der Waals surface area (Å²) < 4.78 is 87.7. The zero-order valence-electron chi connectivity index (χ0n) is 34.3. The van der Waals surface area contributed by atoms with Crippen LogP contribution in [0.4, 0.5) is 0 Å². The molecular weight excluding hydrogens is 736 g/mol. The Hall–Kier alpha value is -1.42. The average molecular weight is 811 g/mol. The van der Waals surface area contributed by atoms with Gasteiger partial charge in [0.1, 0.15) is 0 Å². The van der Waals surface area contributed by atoms with Crippen LogP contribution in [-0.4, -0.2) is 205 Å². The molecule has 0 saturated carbocycles. The van der Waals surface area contributed by atoms with Crippen molar-refractivity contribution in [1.29, 1.82) is 0 Å². The lowest BCUT2D eigenvalue weighted by atomic mass is 10.2. The Kier molecular flexibility index (Phi) is 45.0. The monoisotopic (exact) mass is 810 g/mol. The van der Waals surface area contributed by atoms with E-state index >= 15 is 0 Å². The molecule has 330 valence electrons. The van der Waals surface area contributed by atoms with Crippen LogP contribution in [-0.2, 0) is 82.4 Å². The van der Waals surface area contributed by atoms with E-state index in [1.54, 1.807) is 0 Å². The summed E-state index contributed by atoms with van der Waals surface area (Å²) in [5.74, 6) is 0. The normalized spacial score (nSPS) is 11.6. The molecule has 1 aromatic carbocycles. The zero-order chi connectivity index (χ0) is 39.8. The largest absolute Gasteiger partial charge is 0.379 e. The first-order valence-corrected chi connectivity index (χ1v) is 20.2. The van der Waals surface area contributed by atoms with Gasteiger partial charge in [-0.3, -0.25) is 0 Å². The van der Waals surface area contributed by atoms with Crippen LogP contribution < -0.4 is 0 Å². The van der Waals surface area contributed by atoms with Crippen molar-refractivity contribution in [1.82, 2.24) is 0 Å². The third-order valence-electron chi connectivity index (χ3n) is 7.04. The van der Waals surface area contributed by atoms with Gasteiger partial charge in [0.15, 0.2) is 0 Å². The number of hydrogen-bond donors (Lipinski definition) is 0. The van der Waals surface area contributed by atoms with Crippen molar-refractivity contribution in [2.75, 3.05) is 205 Å². The summed E-state index contributed by atoms with van der Waals surface area (Å²) in [6, 6.07) is 10.1. The van der Waals surface area contributed by atoms with Gasteiger partial charge < -0.3 is 75.8 Å². The van der Waals surface area contributed by atoms with Gasteiger partial charge in [-0.2, -0.15) is 0 Å². The van der Waals surface area contributed by atoms with E-state index in [4.69, 9.17) is 75.8 Å². The highest BCUT2D eigenvalue weighted by atomic mass is 16.6. The molecule has 0 heterocycles. The summed E-state index contributed by atoms with van der Waals surface area (Å²) in [6.07, 6.45) is 1.02. The molecule has 0 fully saturated rings. The summed E-state index contributed by atoms with van der Waals surface area (Å²) in [5, 5.41) is 0. The molecule has 0 aromatic heterocycles. The van der Waals surface area contributed by atoms with E-state index in [0.717, 1.165) is 18.6 Å². The smallest absolute Gasteiger partial charge is 0.0718 e. The maximum atomic E-state index is 5.57. The average Bonchev–Trinajstić information content (AvgIpc) is 3.22. The topological polar surface area (TPSA) is 148 Å². The Morgan fingerprint density at radius 1 is 0.232 bits per heavy atom. The molecule has 16 heteroatoms. The van der Waals surface area contributed by atoms with Crippen molar-refractivity contribution in [3.8, 4) is 0 Å². The van der Waals surface area contributed by atoms with Gasteiger partial charge in [0.05, 0.1) is 205 Å². The molecule has 1 rings (SSSR count). The van der Waals surface area contributed by atoms with E-state index < -0.39 is 0 Å². The van der Waals surface area contributed by atoms with Crippen molar-refractivity contribution in [3.05, 3.63) is 35.9 Å². The second kappa shape index (κ2) is 48.0. The molecule has 0 aliphatic carbocycles. The minimum atomic E-state index is 0.502. The Balaban J connectivity index is 1.59. The summed E-state index contributed by atoms with van der Waals surface area (Å²) in [5.41, 5.74) is 1.16. The molecule has 16 nitrogen and oxygen atoms in total. The Morgan fingerprint density at radius 2 is 0.411 bits per heavy atom. The predicted molar refractivity (Wildman–Crippen MR) is 209 cm³/mol. The third kappa shape index (κ3) is 43.7. The standard InChI is InChI=1S/C40H74O16/c1-2-8-41-9-10-42-11-12-43-13-14-44-15-16-45-17-18-46-19-20-47-21-22-48-23-24-49-25-26-50-27-28-51-29-30-52-31-32-53-33-34-54-35-36-55-37-38-56-39-40-6-4-3-5-7-40/h3-7H,2,8-39H2,1H3. The van der Waals surface area contributed by atoms with Crippen molar-refractivity contribution in [2.24, 2.45) is 0 Å². The van der Waals surface area contributed by atoms with Crippen LogP contribution in [0.1, 0.15) is 18.9 Å². The second-order valence-corrected chi connectivity index (χ2v) is 11.7. The van der Waals surface area contributed by atoms with Gasteiger partial charge in [0, 0.05) is 6.61 Å². The highest BCUT2D eigenvalue weighted by Gasteiger charge is 1.98. The predicted octanol–water partition coefficient (Wildman–Crippen LogP) is 2.86. The molecule has 0 atom stereocenters. The molecular formula is C40H74O16.